The Hall–Kier alpha value is -0.640. The first-order valence-corrected chi connectivity index (χ1v) is 32.9. The van der Waals surface area contributed by atoms with Gasteiger partial charge in [-0.3, -0.25) is 0 Å². The van der Waals surface area contributed by atoms with Crippen LogP contribution in [0.25, 0.3) is 0 Å². The molecule has 0 aliphatic rings. The van der Waals surface area contributed by atoms with E-state index in [1.807, 2.05) is 0 Å². The Morgan fingerprint density at radius 3 is 0.886 bits per heavy atom. The first-order chi connectivity index (χ1) is 37.7. The third-order valence-electron chi connectivity index (χ3n) is 10.5. The minimum Gasteiger partial charge on any atom is -0.396 e. The van der Waals surface area contributed by atoms with Gasteiger partial charge < -0.3 is 85.1 Å². The molecule has 79 heavy (non-hydrogen) atoms. The van der Waals surface area contributed by atoms with Crippen molar-refractivity contribution in [1.29, 1.82) is 0 Å². The van der Waals surface area contributed by atoms with E-state index in [4.69, 9.17) is 21.3 Å². The van der Waals surface area contributed by atoms with Crippen LogP contribution in [0.2, 0.25) is 0 Å². The number of nitrogens with one attached hydrogen (secondary N) is 12. The van der Waals surface area contributed by atoms with Crippen LogP contribution in [0.1, 0.15) is 228 Å². The van der Waals surface area contributed by atoms with Crippen LogP contribution in [0, 0.1) is 0 Å². The summed E-state index contributed by atoms with van der Waals surface area (Å²) in [7, 11) is 1.71. The van der Waals surface area contributed by atoms with Gasteiger partial charge in [0.25, 0.3) is 0 Å². The highest BCUT2D eigenvalue weighted by Crippen LogP contribution is 1.93. The van der Waals surface area contributed by atoms with Crippen molar-refractivity contribution in [1.82, 2.24) is 63.8 Å². The second-order valence-corrected chi connectivity index (χ2v) is 22.7. The molecule has 0 radical (unpaired) electrons. The minimum atomic E-state index is 0.335. The first kappa shape index (κ1) is 94.7. The smallest absolute Gasteiger partial charge is 0.0587 e. The van der Waals surface area contributed by atoms with Gasteiger partial charge in [0.1, 0.15) is 0 Å². The zero-order valence-electron chi connectivity index (χ0n) is 57.7. The summed E-state index contributed by atoms with van der Waals surface area (Å²) in [5, 5.41) is 48.6. The predicted octanol–water partition coefficient (Wildman–Crippen LogP) is 8.33. The molecule has 0 saturated heterocycles. The minimum absolute atomic E-state index is 0.335. The molecule has 0 aromatic heterocycles. The zero-order valence-corrected chi connectivity index (χ0v) is 57.7. The van der Waals surface area contributed by atoms with E-state index in [0.717, 1.165) is 131 Å². The quantitative estimate of drug-likeness (QED) is 0.0257. The van der Waals surface area contributed by atoms with Gasteiger partial charge in [-0.15, -0.1) is 0 Å². The van der Waals surface area contributed by atoms with Crippen LogP contribution < -0.4 is 75.3 Å². The largest absolute Gasteiger partial charge is 0.396 e. The van der Waals surface area contributed by atoms with Crippen molar-refractivity contribution < 1.29 is 9.84 Å². The lowest BCUT2D eigenvalue weighted by molar-refractivity contribution is 0.197. The Kier molecular flexibility index (Phi) is 109. The Bertz CT molecular complexity index is 893. The molecule has 0 saturated carbocycles. The normalized spacial score (nSPS) is 10.8. The molecule has 17 N–H and O–H groups in total. The van der Waals surface area contributed by atoms with Gasteiger partial charge in [0.15, 0.2) is 0 Å². The van der Waals surface area contributed by atoms with Crippen LogP contribution in [0.4, 0.5) is 0 Å². The summed E-state index contributed by atoms with van der Waals surface area (Å²) in [4.78, 5) is 0. The van der Waals surface area contributed by atoms with Gasteiger partial charge in [0, 0.05) is 81.7 Å². The fourth-order valence-corrected chi connectivity index (χ4v) is 6.08. The molecule has 0 aromatic carbocycles. The van der Waals surface area contributed by atoms with Crippen LogP contribution in [0.15, 0.2) is 0 Å². The van der Waals surface area contributed by atoms with E-state index in [0.29, 0.717) is 54.9 Å². The summed E-state index contributed by atoms with van der Waals surface area (Å²) in [6.45, 7) is 63.7. The first-order valence-electron chi connectivity index (χ1n) is 32.9. The Morgan fingerprint density at radius 1 is 0.291 bits per heavy atom. The second kappa shape index (κ2) is 91.1. The predicted molar refractivity (Wildman–Crippen MR) is 361 cm³/mol. The molecule has 16 heteroatoms. The van der Waals surface area contributed by atoms with E-state index in [9.17, 15) is 0 Å². The van der Waals surface area contributed by atoms with Crippen LogP contribution >= 0.6 is 0 Å². The van der Waals surface area contributed by atoms with Crippen molar-refractivity contribution in [3.63, 3.8) is 0 Å². The summed E-state index contributed by atoms with van der Waals surface area (Å²) in [6, 6.07) is 4.88. The van der Waals surface area contributed by atoms with Crippen LogP contribution in [-0.2, 0) is 4.74 Å². The van der Waals surface area contributed by atoms with Crippen molar-refractivity contribution in [3.05, 3.63) is 0 Å². The molecule has 0 amide bonds. The van der Waals surface area contributed by atoms with Gasteiger partial charge >= 0.3 is 0 Å². The number of unbranched alkanes of at least 4 members (excludes halogenated alkanes) is 5. The summed E-state index contributed by atoms with van der Waals surface area (Å²) in [6.07, 6.45) is 16.9. The van der Waals surface area contributed by atoms with E-state index in [2.05, 4.69) is 202 Å². The van der Waals surface area contributed by atoms with E-state index in [1.54, 1.807) is 7.11 Å². The second-order valence-electron chi connectivity index (χ2n) is 22.7. The van der Waals surface area contributed by atoms with Gasteiger partial charge in [-0.25, -0.2) is 0 Å². The maximum atomic E-state index is 8.45. The van der Waals surface area contributed by atoms with E-state index in [-0.39, 0.29) is 0 Å². The van der Waals surface area contributed by atoms with E-state index < -0.39 is 0 Å². The molecule has 0 spiro atoms. The third kappa shape index (κ3) is 149. The molecule has 16 nitrogen and oxygen atoms in total. The zero-order chi connectivity index (χ0) is 61.9. The molecule has 0 rings (SSSR count). The Morgan fingerprint density at radius 2 is 0.595 bits per heavy atom. The van der Waals surface area contributed by atoms with Gasteiger partial charge in [-0.1, -0.05) is 151 Å². The summed E-state index contributed by atoms with van der Waals surface area (Å²) >= 11 is 0. The Labute approximate surface area is 498 Å². The van der Waals surface area contributed by atoms with Gasteiger partial charge in [0.05, 0.1) is 6.61 Å². The highest BCUT2D eigenvalue weighted by atomic mass is 16.5. The standard InChI is InChI=1S/C11H27N3.C10H24N2.C9H22N2.C8H20N2.C8H19NO.C6H15NO.C6H15N.C5H14N2/c1-4-12-7-5-8-13-9-6-10-14-11(2)3;1-4-5-7-11-8-6-9-12-10(2)3;1-4-6-10-7-5-8-11-9(2)3;1-8(2)10-7-5-3-4-6-9;1-8(2)9-6-4-3-5-7-10;1-6(2)7-4-5-8-3;1-4-5-7-6(2)3;1-5(2)7-4-3-6/h11-14H,4-10H2,1-3H3;10-12H,4-9H2,1-3H3;9-11H,4-8H2,1-3H3;8,10H,3-7,9H2,1-2H3;8-10H,3-7H2,1-2H3;6-7H,4-5H2,1-3H3;6-7H,4-5H2,1-3H3;5,7H,3-4,6H2,1-2H3. The maximum Gasteiger partial charge on any atom is 0.0587 e. The highest BCUT2D eigenvalue weighted by molar-refractivity contribution is 4.59. The maximum absolute atomic E-state index is 8.45. The number of nitrogens with two attached hydrogens (primary N) is 2. The lowest BCUT2D eigenvalue weighted by Crippen LogP contribution is -2.28. The number of aliphatic hydroxyl groups is 1. The molecule has 0 aliphatic carbocycles. The lowest BCUT2D eigenvalue weighted by Gasteiger charge is -2.08. The molecule has 0 aliphatic heterocycles. The molecule has 0 atom stereocenters. The number of aliphatic hydroxyl groups excluding tert-OH is 1. The van der Waals surface area contributed by atoms with Crippen molar-refractivity contribution in [2.24, 2.45) is 11.5 Å². The molecular weight excluding hydrogens is 985 g/mol. The third-order valence-corrected chi connectivity index (χ3v) is 10.5. The number of ether oxygens (including phenoxy) is 1. The Balaban J connectivity index is -0.000000123. The number of rotatable bonds is 47. The van der Waals surface area contributed by atoms with Crippen LogP contribution in [-0.4, -0.2) is 192 Å². The average Bonchev–Trinajstić information content (AvgIpc) is 3.38. The number of methoxy groups -OCH3 is 1. The van der Waals surface area contributed by atoms with Crippen molar-refractivity contribution >= 4 is 0 Å². The molecule has 0 unspecified atom stereocenters. The number of hydrogen-bond acceptors (Lipinski definition) is 16. The molecule has 0 bridgehead atoms. The van der Waals surface area contributed by atoms with Gasteiger partial charge in [0.2, 0.25) is 0 Å². The molecule has 490 valence electrons. The molecule has 0 fully saturated rings. The average molecular weight is 1140 g/mol. The van der Waals surface area contributed by atoms with Gasteiger partial charge in [-0.2, -0.15) is 0 Å². The summed E-state index contributed by atoms with van der Waals surface area (Å²) < 4.78 is 4.83. The topological polar surface area (TPSA) is 226 Å². The van der Waals surface area contributed by atoms with Crippen molar-refractivity contribution in [2.45, 2.75) is 277 Å². The molecular formula is C63H156N14O2. The lowest BCUT2D eigenvalue weighted by atomic mass is 10.2. The van der Waals surface area contributed by atoms with Crippen molar-refractivity contribution in [2.75, 3.05) is 138 Å². The highest BCUT2D eigenvalue weighted by Gasteiger charge is 1.96. The molecule has 0 heterocycles. The van der Waals surface area contributed by atoms with Gasteiger partial charge in [-0.05, 0) is 175 Å². The van der Waals surface area contributed by atoms with E-state index in [1.165, 1.54) is 83.6 Å². The number of hydrogen-bond donors (Lipinski definition) is 15. The summed E-state index contributed by atoms with van der Waals surface area (Å²) in [5.41, 5.74) is 10.6. The van der Waals surface area contributed by atoms with E-state index >= 15 is 0 Å². The SMILES string of the molecule is CC(C)NCCCCCN.CC(C)NCCCCCO.CC(C)NCCN.CCCCNCCCNC(C)C.CCCNC(C)C.CCCNCCCNC(C)C.CCNCCCNCCCNC(C)C.COCCNC(C)C. The van der Waals surface area contributed by atoms with Crippen LogP contribution in [0.3, 0.4) is 0 Å². The fraction of sp³-hybridized carbons (Fsp3) is 1.00. The van der Waals surface area contributed by atoms with Crippen molar-refractivity contribution in [3.8, 4) is 0 Å². The summed E-state index contributed by atoms with van der Waals surface area (Å²) in [5.74, 6) is 0. The fourth-order valence-electron chi connectivity index (χ4n) is 6.08. The molecule has 0 aromatic rings. The monoisotopic (exact) mass is 1140 g/mol. The van der Waals surface area contributed by atoms with Crippen LogP contribution in [0.5, 0.6) is 0 Å².